The summed E-state index contributed by atoms with van der Waals surface area (Å²) in [6.45, 7) is 6.93. The van der Waals surface area contributed by atoms with Crippen LogP contribution in [0.2, 0.25) is 0 Å². The molecule has 44 heavy (non-hydrogen) atoms. The normalized spacial score (nSPS) is 11.7. The Morgan fingerprint density at radius 3 is 1.91 bits per heavy atom. The minimum absolute atomic E-state index is 0.168. The van der Waals surface area contributed by atoms with Gasteiger partial charge in [-0.25, -0.2) is 14.0 Å². The lowest BCUT2D eigenvalue weighted by Crippen LogP contribution is -2.15. The van der Waals surface area contributed by atoms with E-state index in [1.807, 2.05) is 31.2 Å². The number of benzene rings is 3. The maximum absolute atomic E-state index is 15.7. The maximum atomic E-state index is 15.7. The highest BCUT2D eigenvalue weighted by atomic mass is 19.1. The van der Waals surface area contributed by atoms with Crippen molar-refractivity contribution in [1.82, 2.24) is 0 Å². The van der Waals surface area contributed by atoms with Gasteiger partial charge in [0.1, 0.15) is 11.6 Å². The van der Waals surface area contributed by atoms with Gasteiger partial charge in [0, 0.05) is 5.56 Å². The number of hydrogen-bond donors (Lipinski definition) is 1. The van der Waals surface area contributed by atoms with Crippen LogP contribution in [-0.4, -0.2) is 29.8 Å². The molecule has 0 saturated heterocycles. The molecule has 0 aliphatic heterocycles. The predicted molar refractivity (Wildman–Crippen MR) is 176 cm³/mol. The van der Waals surface area contributed by atoms with Crippen molar-refractivity contribution >= 4 is 11.9 Å². The quantitative estimate of drug-likeness (QED) is 0.103. The molecule has 6 heteroatoms. The van der Waals surface area contributed by atoms with E-state index >= 15 is 4.39 Å². The molecule has 3 rings (SSSR count). The largest absolute Gasteiger partial charge is 0.494 e. The van der Waals surface area contributed by atoms with E-state index in [1.165, 1.54) is 51.0 Å². The average molecular weight is 605 g/mol. The molecule has 0 radical (unpaired) electrons. The van der Waals surface area contributed by atoms with Crippen LogP contribution in [0.5, 0.6) is 5.75 Å². The zero-order valence-electron chi connectivity index (χ0n) is 26.7. The van der Waals surface area contributed by atoms with Gasteiger partial charge in [0.15, 0.2) is 0 Å². The van der Waals surface area contributed by atoms with Crippen molar-refractivity contribution in [3.63, 3.8) is 0 Å². The molecular formula is C38H49FO5. The summed E-state index contributed by atoms with van der Waals surface area (Å²) < 4.78 is 27.2. The molecule has 1 atom stereocenters. The van der Waals surface area contributed by atoms with Crippen molar-refractivity contribution in [2.24, 2.45) is 0 Å². The highest BCUT2D eigenvalue weighted by Crippen LogP contribution is 2.37. The number of unbranched alkanes of at least 4 members (excludes halogenated alkanes) is 10. The van der Waals surface area contributed by atoms with Gasteiger partial charge < -0.3 is 14.6 Å². The van der Waals surface area contributed by atoms with Gasteiger partial charge in [0.2, 0.25) is 0 Å². The zero-order chi connectivity index (χ0) is 31.7. The Balaban J connectivity index is 1.69. The highest BCUT2D eigenvalue weighted by Gasteiger charge is 2.21. The van der Waals surface area contributed by atoms with E-state index in [2.05, 4.69) is 13.8 Å². The van der Waals surface area contributed by atoms with Gasteiger partial charge >= 0.3 is 11.9 Å². The van der Waals surface area contributed by atoms with Crippen LogP contribution in [0, 0.1) is 5.82 Å². The number of esters is 1. The van der Waals surface area contributed by atoms with Crippen molar-refractivity contribution < 1.29 is 28.6 Å². The number of carbonyl (C=O) groups excluding carboxylic acids is 1. The molecule has 3 aromatic carbocycles. The van der Waals surface area contributed by atoms with Gasteiger partial charge in [-0.15, -0.1) is 0 Å². The van der Waals surface area contributed by atoms with Crippen molar-refractivity contribution in [3.05, 3.63) is 77.6 Å². The predicted octanol–water partition coefficient (Wildman–Crippen LogP) is 10.9. The van der Waals surface area contributed by atoms with Crippen LogP contribution >= 0.6 is 0 Å². The molecule has 0 aliphatic carbocycles. The summed E-state index contributed by atoms with van der Waals surface area (Å²) in [5, 5.41) is 9.59. The fourth-order valence-electron chi connectivity index (χ4n) is 5.36. The van der Waals surface area contributed by atoms with E-state index in [4.69, 9.17) is 9.47 Å². The van der Waals surface area contributed by atoms with Crippen LogP contribution in [0.3, 0.4) is 0 Å². The first-order valence-electron chi connectivity index (χ1n) is 16.5. The van der Waals surface area contributed by atoms with Crippen molar-refractivity contribution in [3.8, 4) is 28.0 Å². The van der Waals surface area contributed by atoms with Crippen molar-refractivity contribution in [1.29, 1.82) is 0 Å². The summed E-state index contributed by atoms with van der Waals surface area (Å²) in [4.78, 5) is 24.5. The molecule has 238 valence electrons. The van der Waals surface area contributed by atoms with Gasteiger partial charge in [-0.3, -0.25) is 0 Å². The number of rotatable bonds is 20. The fraction of sp³-hybridized carbons (Fsp3) is 0.474. The molecule has 0 saturated carbocycles. The van der Waals surface area contributed by atoms with Gasteiger partial charge in [-0.1, -0.05) is 108 Å². The third kappa shape index (κ3) is 10.8. The van der Waals surface area contributed by atoms with Gasteiger partial charge in [0.05, 0.1) is 23.8 Å². The van der Waals surface area contributed by atoms with Crippen LogP contribution in [0.25, 0.3) is 22.3 Å². The third-order valence-corrected chi connectivity index (χ3v) is 7.99. The van der Waals surface area contributed by atoms with Crippen LogP contribution in [-0.2, 0) is 4.74 Å². The molecule has 5 nitrogen and oxygen atoms in total. The van der Waals surface area contributed by atoms with Crippen LogP contribution in [0.4, 0.5) is 4.39 Å². The molecule has 1 N–H and O–H groups in total. The Kier molecular flexibility index (Phi) is 14.9. The van der Waals surface area contributed by atoms with Gasteiger partial charge in [-0.05, 0) is 73.2 Å². The molecule has 0 bridgehead atoms. The number of halogens is 1. The number of hydrogen-bond acceptors (Lipinski definition) is 4. The minimum atomic E-state index is -1.34. The third-order valence-electron chi connectivity index (χ3n) is 7.99. The highest BCUT2D eigenvalue weighted by molar-refractivity contribution is 5.95. The first kappa shape index (κ1) is 34.8. The molecule has 0 spiro atoms. The summed E-state index contributed by atoms with van der Waals surface area (Å²) >= 11 is 0. The zero-order valence-corrected chi connectivity index (χ0v) is 26.7. The molecular weight excluding hydrogens is 555 g/mol. The molecule has 3 aromatic rings. The number of ether oxygens (including phenoxy) is 2. The Labute approximate surface area is 262 Å². The topological polar surface area (TPSA) is 72.8 Å². The second-order valence-electron chi connectivity index (χ2n) is 11.6. The number of carbonyl (C=O) groups is 2. The Bertz CT molecular complexity index is 1300. The monoisotopic (exact) mass is 604 g/mol. The van der Waals surface area contributed by atoms with Crippen molar-refractivity contribution in [2.75, 3.05) is 6.61 Å². The maximum Gasteiger partial charge on any atom is 0.338 e. The molecule has 0 fully saturated rings. The lowest BCUT2D eigenvalue weighted by molar-refractivity contribution is 0.0319. The van der Waals surface area contributed by atoms with E-state index in [1.54, 1.807) is 30.3 Å². The fourth-order valence-corrected chi connectivity index (χ4v) is 5.36. The first-order chi connectivity index (χ1) is 21.3. The number of carboxylic acids is 1. The smallest absolute Gasteiger partial charge is 0.338 e. The van der Waals surface area contributed by atoms with E-state index in [9.17, 15) is 14.7 Å². The lowest BCUT2D eigenvalue weighted by Gasteiger charge is -2.15. The SMILES string of the molecule is CCCCCCCCCCOc1ccc(-c2ccc(C(=O)O)c(F)c2-c2ccc(C(=O)O[C@H](C)CCCCCC)cc2)cc1. The molecule has 0 heterocycles. The molecule has 0 aliphatic rings. The Hall–Kier alpha value is -3.67. The minimum Gasteiger partial charge on any atom is -0.494 e. The summed E-state index contributed by atoms with van der Waals surface area (Å²) in [7, 11) is 0. The summed E-state index contributed by atoms with van der Waals surface area (Å²) in [6, 6.07) is 16.8. The second kappa shape index (κ2) is 18.9. The van der Waals surface area contributed by atoms with Gasteiger partial charge in [-0.2, -0.15) is 0 Å². The Morgan fingerprint density at radius 2 is 1.30 bits per heavy atom. The number of carboxylic acid groups (broad SMARTS) is 1. The summed E-state index contributed by atoms with van der Waals surface area (Å²) in [5.41, 5.74) is 1.88. The second-order valence-corrected chi connectivity index (χ2v) is 11.6. The summed E-state index contributed by atoms with van der Waals surface area (Å²) in [5.74, 6) is -1.85. The average Bonchev–Trinajstić information content (AvgIpc) is 3.02. The van der Waals surface area contributed by atoms with E-state index in [0.29, 0.717) is 23.3 Å². The molecule has 0 aromatic heterocycles. The lowest BCUT2D eigenvalue weighted by atomic mass is 9.91. The number of aromatic carboxylic acids is 1. The van der Waals surface area contributed by atoms with E-state index in [0.717, 1.165) is 49.8 Å². The molecule has 0 amide bonds. The molecule has 0 unspecified atom stereocenters. The van der Waals surface area contributed by atoms with E-state index in [-0.39, 0.29) is 11.7 Å². The van der Waals surface area contributed by atoms with Crippen LogP contribution in [0.1, 0.15) is 125 Å². The van der Waals surface area contributed by atoms with E-state index < -0.39 is 23.3 Å². The standard InChI is InChI=1S/C38H49FO5/c1-4-6-8-10-11-12-13-15-27-43-32-23-21-29(22-24-32)33-25-26-34(37(40)41)36(39)35(33)30-17-19-31(20-18-30)38(42)44-28(3)16-14-9-7-5-2/h17-26,28H,4-16,27H2,1-3H3,(H,40,41)/t28-/m1/s1. The van der Waals surface area contributed by atoms with Crippen LogP contribution in [0.15, 0.2) is 60.7 Å². The first-order valence-corrected chi connectivity index (χ1v) is 16.5. The van der Waals surface area contributed by atoms with Crippen molar-refractivity contribution in [2.45, 2.75) is 110 Å². The van der Waals surface area contributed by atoms with Gasteiger partial charge in [0.25, 0.3) is 0 Å². The summed E-state index contributed by atoms with van der Waals surface area (Å²) in [6.07, 6.45) is 14.9. The van der Waals surface area contributed by atoms with Crippen LogP contribution < -0.4 is 4.74 Å². The Morgan fingerprint density at radius 1 is 0.727 bits per heavy atom.